The molecule has 2 rings (SSSR count). The summed E-state index contributed by atoms with van der Waals surface area (Å²) in [5.74, 6) is 0.551. The first-order chi connectivity index (χ1) is 11.0. The number of benzene rings is 1. The van der Waals surface area contributed by atoms with Gasteiger partial charge in [0, 0.05) is 17.5 Å². The molecule has 3 heteroatoms. The summed E-state index contributed by atoms with van der Waals surface area (Å²) in [6.07, 6.45) is 6.03. The molecule has 130 valence electrons. The van der Waals surface area contributed by atoms with Gasteiger partial charge in [0.1, 0.15) is 0 Å². The monoisotopic (exact) mass is 337 g/mol. The van der Waals surface area contributed by atoms with Gasteiger partial charge in [0.15, 0.2) is 0 Å². The summed E-state index contributed by atoms with van der Waals surface area (Å²) >= 11 is 6.07. The maximum Gasteiger partial charge on any atom is 0.0962 e. The zero-order valence-corrected chi connectivity index (χ0v) is 15.6. The van der Waals surface area contributed by atoms with Crippen molar-refractivity contribution < 1.29 is 5.11 Å². The normalized spacial score (nSPS) is 20.4. The second-order valence-corrected chi connectivity index (χ2v) is 7.49. The van der Waals surface area contributed by atoms with Crippen LogP contribution in [0.3, 0.4) is 0 Å². The topological polar surface area (TPSA) is 23.5 Å². The standard InChI is InChI=1S/C20H32ClNO/c1-4-22(5-2)15-16(3)20(23,17-9-7-6-8-10-17)18-11-13-19(21)14-12-18/h11-14,16-17,23H,4-10,15H2,1-3H3/t16-,20-/m1/s1. The van der Waals surface area contributed by atoms with Crippen LogP contribution in [0.15, 0.2) is 24.3 Å². The van der Waals surface area contributed by atoms with E-state index < -0.39 is 5.60 Å². The molecule has 1 N–H and O–H groups in total. The number of rotatable bonds is 7. The molecule has 0 radical (unpaired) electrons. The van der Waals surface area contributed by atoms with E-state index in [1.165, 1.54) is 19.3 Å². The SMILES string of the molecule is CCN(CC)C[C@@H](C)[C@](O)(c1ccc(Cl)cc1)C1CCCCC1. The van der Waals surface area contributed by atoms with Crippen molar-refractivity contribution in [3.63, 3.8) is 0 Å². The van der Waals surface area contributed by atoms with Gasteiger partial charge in [0.2, 0.25) is 0 Å². The summed E-state index contributed by atoms with van der Waals surface area (Å²) in [5, 5.41) is 12.6. The highest BCUT2D eigenvalue weighted by molar-refractivity contribution is 6.30. The largest absolute Gasteiger partial charge is 0.385 e. The Bertz CT molecular complexity index is 465. The summed E-state index contributed by atoms with van der Waals surface area (Å²) in [6.45, 7) is 9.59. The molecule has 1 aliphatic rings. The second kappa shape index (κ2) is 8.50. The third-order valence-electron chi connectivity index (χ3n) is 5.71. The molecular weight excluding hydrogens is 306 g/mol. The van der Waals surface area contributed by atoms with E-state index in [-0.39, 0.29) is 5.92 Å². The molecule has 0 amide bonds. The van der Waals surface area contributed by atoms with Gasteiger partial charge in [0.25, 0.3) is 0 Å². The molecule has 0 aliphatic heterocycles. The summed E-state index contributed by atoms with van der Waals surface area (Å²) in [7, 11) is 0. The predicted octanol–water partition coefficient (Wildman–Crippen LogP) is 5.09. The number of halogens is 1. The molecule has 1 fully saturated rings. The average molecular weight is 338 g/mol. The first-order valence-corrected chi connectivity index (χ1v) is 9.60. The summed E-state index contributed by atoms with van der Waals surface area (Å²) < 4.78 is 0. The Morgan fingerprint density at radius 3 is 2.22 bits per heavy atom. The van der Waals surface area contributed by atoms with Crippen molar-refractivity contribution in [2.45, 2.75) is 58.5 Å². The van der Waals surface area contributed by atoms with Crippen molar-refractivity contribution in [3.05, 3.63) is 34.9 Å². The molecule has 1 aromatic carbocycles. The van der Waals surface area contributed by atoms with Gasteiger partial charge in [-0.15, -0.1) is 0 Å². The molecule has 0 saturated heterocycles. The van der Waals surface area contributed by atoms with E-state index in [1.54, 1.807) is 0 Å². The van der Waals surface area contributed by atoms with Crippen LogP contribution in [0.4, 0.5) is 0 Å². The van der Waals surface area contributed by atoms with Crippen LogP contribution in [-0.2, 0) is 5.60 Å². The summed E-state index contributed by atoms with van der Waals surface area (Å²) in [4.78, 5) is 2.41. The minimum Gasteiger partial charge on any atom is -0.385 e. The number of hydrogen-bond acceptors (Lipinski definition) is 2. The van der Waals surface area contributed by atoms with Crippen molar-refractivity contribution >= 4 is 11.6 Å². The molecule has 0 bridgehead atoms. The van der Waals surface area contributed by atoms with Crippen molar-refractivity contribution in [1.82, 2.24) is 4.90 Å². The van der Waals surface area contributed by atoms with Crippen molar-refractivity contribution in [1.29, 1.82) is 0 Å². The Hall–Kier alpha value is -0.570. The second-order valence-electron chi connectivity index (χ2n) is 7.05. The lowest BCUT2D eigenvalue weighted by molar-refractivity contribution is -0.0903. The molecule has 0 aromatic heterocycles. The first-order valence-electron chi connectivity index (χ1n) is 9.23. The van der Waals surface area contributed by atoms with Crippen LogP contribution >= 0.6 is 11.6 Å². The molecule has 0 heterocycles. The lowest BCUT2D eigenvalue weighted by Crippen LogP contribution is -2.46. The van der Waals surface area contributed by atoms with Gasteiger partial charge >= 0.3 is 0 Å². The van der Waals surface area contributed by atoms with E-state index >= 15 is 0 Å². The Labute approximate surface area is 146 Å². The first kappa shape index (κ1) is 18.8. The number of hydrogen-bond donors (Lipinski definition) is 1. The fraction of sp³-hybridized carbons (Fsp3) is 0.700. The van der Waals surface area contributed by atoms with Gasteiger partial charge in [0.05, 0.1) is 5.60 Å². The maximum absolute atomic E-state index is 11.8. The van der Waals surface area contributed by atoms with E-state index in [4.69, 9.17) is 11.6 Å². The van der Waals surface area contributed by atoms with E-state index in [0.717, 1.165) is 43.1 Å². The molecule has 0 spiro atoms. The van der Waals surface area contributed by atoms with E-state index in [2.05, 4.69) is 25.7 Å². The highest BCUT2D eigenvalue weighted by atomic mass is 35.5. The molecule has 23 heavy (non-hydrogen) atoms. The highest BCUT2D eigenvalue weighted by Crippen LogP contribution is 2.44. The minimum absolute atomic E-state index is 0.201. The quantitative estimate of drug-likeness (QED) is 0.749. The zero-order valence-electron chi connectivity index (χ0n) is 14.9. The van der Waals surface area contributed by atoms with Crippen LogP contribution in [0.5, 0.6) is 0 Å². The van der Waals surface area contributed by atoms with Crippen LogP contribution < -0.4 is 0 Å². The molecule has 1 aliphatic carbocycles. The summed E-state index contributed by atoms with van der Waals surface area (Å²) in [5.41, 5.74) is 0.279. The van der Waals surface area contributed by atoms with Crippen molar-refractivity contribution in [2.75, 3.05) is 19.6 Å². The van der Waals surface area contributed by atoms with Crippen LogP contribution in [0, 0.1) is 11.8 Å². The van der Waals surface area contributed by atoms with Crippen LogP contribution in [0.25, 0.3) is 0 Å². The third-order valence-corrected chi connectivity index (χ3v) is 5.96. The van der Waals surface area contributed by atoms with Crippen LogP contribution in [0.2, 0.25) is 5.02 Å². The van der Waals surface area contributed by atoms with Gasteiger partial charge in [-0.3, -0.25) is 0 Å². The molecule has 1 aromatic rings. The highest BCUT2D eigenvalue weighted by Gasteiger charge is 2.43. The van der Waals surface area contributed by atoms with Crippen LogP contribution in [0.1, 0.15) is 58.4 Å². The molecule has 1 saturated carbocycles. The maximum atomic E-state index is 11.8. The molecular formula is C20H32ClNO. The third kappa shape index (κ3) is 4.29. The number of nitrogens with zero attached hydrogens (tertiary/aromatic N) is 1. The minimum atomic E-state index is -0.756. The average Bonchev–Trinajstić information content (AvgIpc) is 2.60. The predicted molar refractivity (Wildman–Crippen MR) is 98.9 cm³/mol. The van der Waals surface area contributed by atoms with Crippen molar-refractivity contribution in [3.8, 4) is 0 Å². The zero-order chi connectivity index (χ0) is 16.9. The summed E-state index contributed by atoms with van der Waals surface area (Å²) in [6, 6.07) is 7.87. The van der Waals surface area contributed by atoms with Gasteiger partial charge in [-0.2, -0.15) is 0 Å². The van der Waals surface area contributed by atoms with Crippen molar-refractivity contribution in [2.24, 2.45) is 11.8 Å². The van der Waals surface area contributed by atoms with Gasteiger partial charge in [-0.1, -0.05) is 63.8 Å². The molecule has 0 unspecified atom stereocenters. The van der Waals surface area contributed by atoms with Gasteiger partial charge in [-0.25, -0.2) is 0 Å². The Morgan fingerprint density at radius 1 is 1.13 bits per heavy atom. The fourth-order valence-corrected chi connectivity index (χ4v) is 4.32. The van der Waals surface area contributed by atoms with Gasteiger partial charge in [-0.05, 0) is 49.5 Å². The Balaban J connectivity index is 2.31. The van der Waals surface area contributed by atoms with Crippen LogP contribution in [-0.4, -0.2) is 29.6 Å². The van der Waals surface area contributed by atoms with Gasteiger partial charge < -0.3 is 10.0 Å². The van der Waals surface area contributed by atoms with E-state index in [1.807, 2.05) is 24.3 Å². The molecule has 2 nitrogen and oxygen atoms in total. The Morgan fingerprint density at radius 2 is 1.70 bits per heavy atom. The fourth-order valence-electron chi connectivity index (χ4n) is 4.19. The van der Waals surface area contributed by atoms with E-state index in [0.29, 0.717) is 5.92 Å². The smallest absolute Gasteiger partial charge is 0.0962 e. The Kier molecular flexibility index (Phi) is 6.94. The van der Waals surface area contributed by atoms with E-state index in [9.17, 15) is 5.11 Å². The molecule has 2 atom stereocenters. The lowest BCUT2D eigenvalue weighted by Gasteiger charge is -2.44. The number of aliphatic hydroxyl groups is 1. The lowest BCUT2D eigenvalue weighted by atomic mass is 9.67.